The summed E-state index contributed by atoms with van der Waals surface area (Å²) >= 11 is 5.98. The summed E-state index contributed by atoms with van der Waals surface area (Å²) in [5.74, 6) is 0.00904. The lowest BCUT2D eigenvalue weighted by Gasteiger charge is -2.11. The summed E-state index contributed by atoms with van der Waals surface area (Å²) in [6.45, 7) is 3.71. The Balaban J connectivity index is 2.90. The average molecular weight is 212 g/mol. The smallest absolute Gasteiger partial charge is 0.224 e. The number of carbonyl (C=O) groups excluding carboxylic acids is 1. The van der Waals surface area contributed by atoms with Crippen molar-refractivity contribution in [2.45, 2.75) is 25.6 Å². The van der Waals surface area contributed by atoms with Crippen LogP contribution in [0.5, 0.6) is 0 Å². The van der Waals surface area contributed by atoms with Crippen molar-refractivity contribution >= 4 is 23.2 Å². The van der Waals surface area contributed by atoms with Crippen LogP contribution in [0, 0.1) is 0 Å². The molecular weight excluding hydrogens is 198 g/mol. The number of hydrogen-bond acceptors (Lipinski definition) is 1. The van der Waals surface area contributed by atoms with Crippen LogP contribution in [0.25, 0.3) is 0 Å². The quantitative estimate of drug-likeness (QED) is 0.764. The van der Waals surface area contributed by atoms with Gasteiger partial charge in [0, 0.05) is 12.1 Å². The highest BCUT2D eigenvalue weighted by Crippen LogP contribution is 2.26. The van der Waals surface area contributed by atoms with E-state index in [1.54, 1.807) is 0 Å². The largest absolute Gasteiger partial charge is 0.326 e. The summed E-state index contributed by atoms with van der Waals surface area (Å²) in [5.41, 5.74) is 1.76. The Labute approximate surface area is 89.3 Å². The molecule has 0 heterocycles. The molecule has 1 amide bonds. The van der Waals surface area contributed by atoms with Gasteiger partial charge in [0.1, 0.15) is 0 Å². The highest BCUT2D eigenvalue weighted by Gasteiger charge is 2.08. The molecule has 0 aliphatic rings. The molecule has 1 unspecified atom stereocenters. The van der Waals surface area contributed by atoms with Crippen LogP contribution in [-0.2, 0) is 4.79 Å². The maximum Gasteiger partial charge on any atom is 0.224 e. The van der Waals surface area contributed by atoms with Crippen LogP contribution in [0.15, 0.2) is 24.3 Å². The molecule has 0 bridgehead atoms. The molecule has 1 aromatic carbocycles. The lowest BCUT2D eigenvalue weighted by molar-refractivity contribution is -0.115. The fourth-order valence-electron chi connectivity index (χ4n) is 1.20. The van der Waals surface area contributed by atoms with Gasteiger partial charge in [-0.05, 0) is 18.6 Å². The highest BCUT2D eigenvalue weighted by atomic mass is 35.5. The number of para-hydroxylation sites is 1. The maximum absolute atomic E-state index is 11.2. The van der Waals surface area contributed by atoms with Crippen LogP contribution in [-0.4, -0.2) is 5.91 Å². The van der Waals surface area contributed by atoms with Gasteiger partial charge in [-0.2, -0.15) is 0 Å². The summed E-state index contributed by atoms with van der Waals surface area (Å²) in [7, 11) is 0. The maximum atomic E-state index is 11.2. The van der Waals surface area contributed by atoms with Gasteiger partial charge in [-0.25, -0.2) is 0 Å². The summed E-state index contributed by atoms with van der Waals surface area (Å²) in [5, 5.41) is 2.72. The van der Waals surface area contributed by atoms with Gasteiger partial charge in [0.2, 0.25) is 5.91 Å². The Morgan fingerprint density at radius 3 is 2.71 bits per heavy atom. The molecule has 76 valence electrons. The van der Waals surface area contributed by atoms with Crippen molar-refractivity contribution in [3.05, 3.63) is 29.8 Å². The van der Waals surface area contributed by atoms with Gasteiger partial charge in [0.05, 0.1) is 5.38 Å². The normalized spacial score (nSPS) is 12.2. The first-order valence-corrected chi connectivity index (χ1v) is 5.11. The number of alkyl halides is 1. The first-order chi connectivity index (χ1) is 6.65. The Morgan fingerprint density at radius 1 is 1.50 bits per heavy atom. The zero-order valence-electron chi connectivity index (χ0n) is 8.38. The second-order valence-corrected chi connectivity index (χ2v) is 3.76. The second-order valence-electron chi connectivity index (χ2n) is 3.10. The number of carbonyl (C=O) groups is 1. The Bertz CT molecular complexity index is 323. The predicted octanol–water partition coefficient (Wildman–Crippen LogP) is 3.33. The van der Waals surface area contributed by atoms with Crippen molar-refractivity contribution in [2.24, 2.45) is 0 Å². The van der Waals surface area contributed by atoms with Crippen LogP contribution in [0.3, 0.4) is 0 Å². The third kappa shape index (κ3) is 2.74. The zero-order chi connectivity index (χ0) is 10.6. The molecule has 1 aromatic rings. The highest BCUT2D eigenvalue weighted by molar-refractivity contribution is 6.21. The molecule has 1 N–H and O–H groups in total. The first kappa shape index (κ1) is 11.1. The van der Waals surface area contributed by atoms with Crippen molar-refractivity contribution < 1.29 is 4.79 Å². The second kappa shape index (κ2) is 5.01. The SMILES string of the molecule is CCC(=O)Nc1ccccc1C(C)Cl. The number of anilines is 1. The molecule has 3 heteroatoms. The van der Waals surface area contributed by atoms with Crippen molar-refractivity contribution in [3.63, 3.8) is 0 Å². The van der Waals surface area contributed by atoms with Gasteiger partial charge in [-0.15, -0.1) is 11.6 Å². The van der Waals surface area contributed by atoms with E-state index in [1.807, 2.05) is 38.1 Å². The fourth-order valence-corrected chi connectivity index (χ4v) is 1.39. The van der Waals surface area contributed by atoms with E-state index in [-0.39, 0.29) is 11.3 Å². The molecular formula is C11H14ClNO. The van der Waals surface area contributed by atoms with E-state index < -0.39 is 0 Å². The molecule has 14 heavy (non-hydrogen) atoms. The lowest BCUT2D eigenvalue weighted by atomic mass is 10.1. The van der Waals surface area contributed by atoms with E-state index in [0.717, 1.165) is 11.3 Å². The number of halogens is 1. The topological polar surface area (TPSA) is 29.1 Å². The van der Waals surface area contributed by atoms with Crippen molar-refractivity contribution in [1.29, 1.82) is 0 Å². The summed E-state index contributed by atoms with van der Waals surface area (Å²) in [4.78, 5) is 11.2. The van der Waals surface area contributed by atoms with Crippen LogP contribution in [0.4, 0.5) is 5.69 Å². The van der Waals surface area contributed by atoms with Crippen molar-refractivity contribution in [1.82, 2.24) is 0 Å². The fraction of sp³-hybridized carbons (Fsp3) is 0.364. The molecule has 0 saturated carbocycles. The van der Waals surface area contributed by atoms with Crippen LogP contribution in [0.2, 0.25) is 0 Å². The van der Waals surface area contributed by atoms with Gasteiger partial charge < -0.3 is 5.32 Å². The zero-order valence-corrected chi connectivity index (χ0v) is 9.14. The molecule has 1 atom stereocenters. The number of rotatable bonds is 3. The van der Waals surface area contributed by atoms with Gasteiger partial charge in [-0.3, -0.25) is 4.79 Å². The van der Waals surface area contributed by atoms with Gasteiger partial charge in [-0.1, -0.05) is 25.1 Å². The number of amides is 1. The van der Waals surface area contributed by atoms with Gasteiger partial charge >= 0.3 is 0 Å². The van der Waals surface area contributed by atoms with E-state index in [0.29, 0.717) is 6.42 Å². The van der Waals surface area contributed by atoms with Crippen LogP contribution >= 0.6 is 11.6 Å². The Kier molecular flexibility index (Phi) is 3.96. The summed E-state index contributed by atoms with van der Waals surface area (Å²) in [6, 6.07) is 7.58. The monoisotopic (exact) mass is 211 g/mol. The Hall–Kier alpha value is -1.02. The summed E-state index contributed by atoms with van der Waals surface area (Å²) < 4.78 is 0. The third-order valence-corrected chi connectivity index (χ3v) is 2.22. The molecule has 0 spiro atoms. The van der Waals surface area contributed by atoms with E-state index in [1.165, 1.54) is 0 Å². The van der Waals surface area contributed by atoms with Crippen LogP contribution in [0.1, 0.15) is 31.2 Å². The third-order valence-electron chi connectivity index (χ3n) is 1.98. The Morgan fingerprint density at radius 2 is 2.14 bits per heavy atom. The van der Waals surface area contributed by atoms with Gasteiger partial charge in [0.25, 0.3) is 0 Å². The molecule has 0 aliphatic heterocycles. The number of benzene rings is 1. The van der Waals surface area contributed by atoms with E-state index in [2.05, 4.69) is 5.32 Å². The minimum Gasteiger partial charge on any atom is -0.326 e. The number of nitrogens with one attached hydrogen (secondary N) is 1. The molecule has 0 radical (unpaired) electrons. The lowest BCUT2D eigenvalue weighted by Crippen LogP contribution is -2.11. The molecule has 0 aliphatic carbocycles. The standard InChI is InChI=1S/C11H14ClNO/c1-3-11(14)13-10-7-5-4-6-9(10)8(2)12/h4-8H,3H2,1-2H3,(H,13,14). The molecule has 0 fully saturated rings. The minimum atomic E-state index is -0.0941. The first-order valence-electron chi connectivity index (χ1n) is 4.68. The van der Waals surface area contributed by atoms with Crippen LogP contribution < -0.4 is 5.32 Å². The molecule has 0 saturated heterocycles. The summed E-state index contributed by atoms with van der Waals surface area (Å²) in [6.07, 6.45) is 0.477. The predicted molar refractivity (Wildman–Crippen MR) is 59.6 cm³/mol. The van der Waals surface area contributed by atoms with Gasteiger partial charge in [0.15, 0.2) is 0 Å². The van der Waals surface area contributed by atoms with E-state index in [9.17, 15) is 4.79 Å². The van der Waals surface area contributed by atoms with Crippen molar-refractivity contribution in [3.8, 4) is 0 Å². The molecule has 1 rings (SSSR count). The molecule has 0 aromatic heterocycles. The number of hydrogen-bond donors (Lipinski definition) is 1. The molecule has 2 nitrogen and oxygen atoms in total. The minimum absolute atomic E-state index is 0.00904. The van der Waals surface area contributed by atoms with Crippen molar-refractivity contribution in [2.75, 3.05) is 5.32 Å². The van der Waals surface area contributed by atoms with E-state index in [4.69, 9.17) is 11.6 Å². The average Bonchev–Trinajstić information content (AvgIpc) is 2.18. The van der Waals surface area contributed by atoms with E-state index >= 15 is 0 Å².